The summed E-state index contributed by atoms with van der Waals surface area (Å²) in [6.07, 6.45) is 0.293. The molecule has 0 aromatic heterocycles. The first kappa shape index (κ1) is 38.7. The molecule has 232 valence electrons. The number of nitrogens with zero attached hydrogens (tertiary/aromatic N) is 1. The average Bonchev–Trinajstić information content (AvgIpc) is 2.96. The molecule has 3 rings (SSSR count). The fraction of sp³-hybridized carbons (Fsp3) is 0.486. The fourth-order valence-corrected chi connectivity index (χ4v) is 3.95. The maximum absolute atomic E-state index is 14.9. The van der Waals surface area contributed by atoms with Crippen molar-refractivity contribution < 1.29 is 23.8 Å². The number of rotatable bonds is 8. The number of ether oxygens (including phenoxy) is 1. The summed E-state index contributed by atoms with van der Waals surface area (Å²) in [5.74, 6) is 6.22. The molecule has 0 saturated carbocycles. The molecule has 42 heavy (non-hydrogen) atoms. The van der Waals surface area contributed by atoms with Gasteiger partial charge in [-0.25, -0.2) is 4.39 Å². The molecule has 1 heterocycles. The van der Waals surface area contributed by atoms with Crippen LogP contribution in [0.4, 0.5) is 4.39 Å². The van der Waals surface area contributed by atoms with Gasteiger partial charge in [-0.15, -0.1) is 0 Å². The van der Waals surface area contributed by atoms with Gasteiger partial charge in [0.15, 0.2) is 5.78 Å². The van der Waals surface area contributed by atoms with Crippen molar-refractivity contribution in [3.63, 3.8) is 0 Å². The van der Waals surface area contributed by atoms with E-state index in [0.717, 1.165) is 49.1 Å². The molecule has 1 amide bonds. The van der Waals surface area contributed by atoms with E-state index in [9.17, 15) is 14.0 Å². The third-order valence-electron chi connectivity index (χ3n) is 6.49. The van der Waals surface area contributed by atoms with Crippen LogP contribution in [0.1, 0.15) is 88.0 Å². The Morgan fingerprint density at radius 3 is 2.05 bits per heavy atom. The summed E-state index contributed by atoms with van der Waals surface area (Å²) >= 11 is 0. The molecule has 0 bridgehead atoms. The van der Waals surface area contributed by atoms with Gasteiger partial charge in [-0.3, -0.25) is 14.5 Å². The van der Waals surface area contributed by atoms with Crippen LogP contribution >= 0.6 is 0 Å². The fourth-order valence-electron chi connectivity index (χ4n) is 3.95. The number of nitrogens with one attached hydrogen (secondary N) is 1. The van der Waals surface area contributed by atoms with Crippen molar-refractivity contribution in [3.05, 3.63) is 82.4 Å². The maximum atomic E-state index is 14.9. The van der Waals surface area contributed by atoms with Crippen molar-refractivity contribution in [1.82, 2.24) is 10.2 Å². The van der Waals surface area contributed by atoms with Gasteiger partial charge < -0.3 is 15.2 Å². The smallest absolute Gasteiger partial charge is 0.226 e. The first-order valence-electron chi connectivity index (χ1n) is 14.5. The number of aliphatic hydroxyl groups excluding tert-OH is 1. The van der Waals surface area contributed by atoms with Gasteiger partial charge in [0.1, 0.15) is 5.67 Å². The quantitative estimate of drug-likeness (QED) is 0.217. The van der Waals surface area contributed by atoms with E-state index in [1.807, 2.05) is 65.0 Å². The van der Waals surface area contributed by atoms with Gasteiger partial charge in [0.25, 0.3) is 0 Å². The van der Waals surface area contributed by atoms with Crippen LogP contribution in [0.15, 0.2) is 54.6 Å². The number of halogens is 1. The lowest BCUT2D eigenvalue weighted by molar-refractivity contribution is -0.122. The summed E-state index contributed by atoms with van der Waals surface area (Å²) in [6.45, 7) is 21.3. The predicted octanol–water partition coefficient (Wildman–Crippen LogP) is 6.29. The highest BCUT2D eigenvalue weighted by Gasteiger charge is 2.29. The molecule has 1 unspecified atom stereocenters. The average molecular weight is 583 g/mol. The van der Waals surface area contributed by atoms with E-state index in [0.29, 0.717) is 23.8 Å². The number of alkyl halides is 1. The third-order valence-corrected chi connectivity index (χ3v) is 6.49. The molecule has 1 saturated heterocycles. The largest absolute Gasteiger partial charge is 0.400 e. The van der Waals surface area contributed by atoms with Crippen LogP contribution in [0.25, 0.3) is 0 Å². The first-order chi connectivity index (χ1) is 19.8. The minimum Gasteiger partial charge on any atom is -0.400 e. The van der Waals surface area contributed by atoms with E-state index >= 15 is 0 Å². The summed E-state index contributed by atoms with van der Waals surface area (Å²) in [5.41, 5.74) is 3.39. The molecule has 1 aliphatic rings. The lowest BCUT2D eigenvalue weighted by Crippen LogP contribution is -2.51. The Morgan fingerprint density at radius 2 is 1.62 bits per heavy atom. The van der Waals surface area contributed by atoms with Gasteiger partial charge in [0.2, 0.25) is 5.91 Å². The van der Waals surface area contributed by atoms with Crippen LogP contribution in [-0.4, -0.2) is 61.7 Å². The van der Waals surface area contributed by atoms with E-state index in [4.69, 9.17) is 9.84 Å². The molecule has 0 spiro atoms. The zero-order valence-electron chi connectivity index (χ0n) is 27.2. The standard InChI is InChI=1S/C25H28FNO2.C7H13NO.C2H6.CH4O/c1-5-29-23-16-27(17-23)15-22-13-10-20(14-24(22)25(3,4)26)7-6-19-8-11-21(12-9-19)18(2)28;1-5(2)6(3)7(9)8-4;2*1-2/h8-14,23H,5,15-17H2,1-4H3;6H,1H2,2-4H3,(H,8,9);1-2H3;2H,1H3. The number of aliphatic hydroxyl groups is 1. The SMILES string of the molecule is C=C(C)C(C)C(=O)NC.CC.CCOC1CN(Cc2ccc(C#Cc3ccc(C(C)=O)cc3)cc2C(C)(C)F)C1.CO. The van der Waals surface area contributed by atoms with E-state index in [2.05, 4.69) is 28.6 Å². The van der Waals surface area contributed by atoms with Gasteiger partial charge in [-0.05, 0) is 76.9 Å². The number of hydrogen-bond donors (Lipinski definition) is 2. The lowest BCUT2D eigenvalue weighted by Gasteiger charge is -2.39. The number of carbonyl (C=O) groups excluding carboxylic acids is 2. The molecule has 2 aromatic rings. The topological polar surface area (TPSA) is 78.9 Å². The summed E-state index contributed by atoms with van der Waals surface area (Å²) in [6, 6.07) is 13.0. The summed E-state index contributed by atoms with van der Waals surface area (Å²) in [5, 5.41) is 9.55. The van der Waals surface area contributed by atoms with Crippen LogP contribution in [0, 0.1) is 17.8 Å². The van der Waals surface area contributed by atoms with Gasteiger partial charge >= 0.3 is 0 Å². The number of ketones is 1. The number of Topliss-reactive ketones (excluding diaryl/α,β-unsaturated/α-hetero) is 1. The molecule has 6 nitrogen and oxygen atoms in total. The second kappa shape index (κ2) is 19.7. The number of hydrogen-bond acceptors (Lipinski definition) is 5. The monoisotopic (exact) mass is 582 g/mol. The molecule has 7 heteroatoms. The lowest BCUT2D eigenvalue weighted by atomic mass is 9.91. The molecule has 1 fully saturated rings. The zero-order valence-corrected chi connectivity index (χ0v) is 27.2. The number of carbonyl (C=O) groups is 2. The summed E-state index contributed by atoms with van der Waals surface area (Å²) < 4.78 is 20.5. The number of amides is 1. The second-order valence-corrected chi connectivity index (χ2v) is 10.2. The Hall–Kier alpha value is -3.31. The van der Waals surface area contributed by atoms with Crippen molar-refractivity contribution in [2.45, 2.75) is 73.7 Å². The molecule has 0 aliphatic carbocycles. The van der Waals surface area contributed by atoms with Gasteiger partial charge in [0.05, 0.1) is 12.0 Å². The molecule has 1 aliphatic heterocycles. The molecule has 0 radical (unpaired) electrons. The highest BCUT2D eigenvalue weighted by molar-refractivity contribution is 5.94. The van der Waals surface area contributed by atoms with Gasteiger partial charge in [-0.1, -0.05) is 56.0 Å². The first-order valence-corrected chi connectivity index (χ1v) is 14.5. The van der Waals surface area contributed by atoms with E-state index in [1.54, 1.807) is 40.0 Å². The maximum Gasteiger partial charge on any atom is 0.226 e. The van der Waals surface area contributed by atoms with Crippen molar-refractivity contribution in [2.24, 2.45) is 5.92 Å². The van der Waals surface area contributed by atoms with E-state index < -0.39 is 5.67 Å². The molecule has 1 atom stereocenters. The predicted molar refractivity (Wildman–Crippen MR) is 171 cm³/mol. The van der Waals surface area contributed by atoms with Crippen molar-refractivity contribution in [2.75, 3.05) is 33.9 Å². The second-order valence-electron chi connectivity index (χ2n) is 10.2. The van der Waals surface area contributed by atoms with E-state index in [-0.39, 0.29) is 17.6 Å². The highest BCUT2D eigenvalue weighted by Crippen LogP contribution is 2.30. The molecular weight excluding hydrogens is 531 g/mol. The Kier molecular flexibility index (Phi) is 18.2. The molecule has 2 aromatic carbocycles. The van der Waals surface area contributed by atoms with Crippen molar-refractivity contribution in [3.8, 4) is 11.8 Å². The van der Waals surface area contributed by atoms with Crippen molar-refractivity contribution in [1.29, 1.82) is 0 Å². The third kappa shape index (κ3) is 13.1. The van der Waals surface area contributed by atoms with Crippen LogP contribution in [0.5, 0.6) is 0 Å². The minimum atomic E-state index is -1.44. The summed E-state index contributed by atoms with van der Waals surface area (Å²) in [7, 11) is 2.63. The Balaban J connectivity index is 0.00000110. The highest BCUT2D eigenvalue weighted by atomic mass is 19.1. The molecule has 2 N–H and O–H groups in total. The van der Waals surface area contributed by atoms with Gasteiger partial charge in [-0.2, -0.15) is 0 Å². The van der Waals surface area contributed by atoms with Crippen LogP contribution in [-0.2, 0) is 21.7 Å². The van der Waals surface area contributed by atoms with Crippen LogP contribution in [0.3, 0.4) is 0 Å². The van der Waals surface area contributed by atoms with E-state index in [1.165, 1.54) is 0 Å². The van der Waals surface area contributed by atoms with Crippen LogP contribution in [0.2, 0.25) is 0 Å². The zero-order chi connectivity index (χ0) is 32.5. The molecular formula is C35H51FN2O4. The van der Waals surface area contributed by atoms with Gasteiger partial charge in [0, 0.05) is 57.1 Å². The Morgan fingerprint density at radius 1 is 1.10 bits per heavy atom. The van der Waals surface area contributed by atoms with Crippen molar-refractivity contribution >= 4 is 11.7 Å². The minimum absolute atomic E-state index is 0.0301. The Labute approximate surface area is 253 Å². The number of benzene rings is 2. The summed E-state index contributed by atoms with van der Waals surface area (Å²) in [4.78, 5) is 24.4. The number of likely N-dealkylation sites (tertiary alicyclic amines) is 1. The Bertz CT molecular complexity index is 1180. The van der Waals surface area contributed by atoms with Crippen LogP contribution < -0.4 is 5.32 Å². The normalized spacial score (nSPS) is 13.1.